The minimum atomic E-state index is -0.922. The number of phenols is 1. The number of halogens is 3. The summed E-state index contributed by atoms with van der Waals surface area (Å²) in [5, 5.41) is 22.9. The largest absolute Gasteiger partial charge is 0.508 e. The SMILES string of the molecule is CCc1c(F)ccc2cc(O)cc(-c3ncc4c(N5CC6CC(O)(C6)C5)nc(OC[C@@]56CCCN5C[C@H](F)C6)nc4c3F)c12. The number of aromatic nitrogens is 3. The van der Waals surface area contributed by atoms with Gasteiger partial charge in [-0.15, -0.1) is 0 Å². The smallest absolute Gasteiger partial charge is 0.319 e. The third kappa shape index (κ3) is 4.30. The highest BCUT2D eigenvalue weighted by Crippen LogP contribution is 2.46. The fourth-order valence-electron chi connectivity index (χ4n) is 8.36. The summed E-state index contributed by atoms with van der Waals surface area (Å²) in [5.74, 6) is -0.550. The lowest BCUT2D eigenvalue weighted by atomic mass is 9.67. The molecular weight excluding hydrogens is 571 g/mol. The normalized spacial score (nSPS) is 28.1. The second-order valence-corrected chi connectivity index (χ2v) is 13.2. The number of nitrogens with zero attached hydrogens (tertiary/aromatic N) is 5. The summed E-state index contributed by atoms with van der Waals surface area (Å²) >= 11 is 0. The number of phenolic OH excluding ortho intramolecular Hbond substituents is 1. The molecule has 5 aliphatic rings. The Morgan fingerprint density at radius 2 is 1.95 bits per heavy atom. The predicted molar refractivity (Wildman–Crippen MR) is 160 cm³/mol. The number of aryl methyl sites for hydroxylation is 1. The number of piperidine rings is 2. The molecule has 4 saturated heterocycles. The number of aliphatic hydroxyl groups is 1. The van der Waals surface area contributed by atoms with Crippen molar-refractivity contribution in [3.8, 4) is 23.0 Å². The molecule has 2 aromatic carbocycles. The Kier molecular flexibility index (Phi) is 6.26. The van der Waals surface area contributed by atoms with Crippen molar-refractivity contribution in [1.29, 1.82) is 0 Å². The van der Waals surface area contributed by atoms with Gasteiger partial charge in [-0.1, -0.05) is 13.0 Å². The molecule has 0 unspecified atom stereocenters. The Morgan fingerprint density at radius 3 is 2.75 bits per heavy atom. The Bertz CT molecular complexity index is 1820. The van der Waals surface area contributed by atoms with Gasteiger partial charge in [0.1, 0.15) is 41.4 Å². The molecular formula is C33H34F3N5O3. The van der Waals surface area contributed by atoms with Crippen LogP contribution in [0.25, 0.3) is 32.9 Å². The number of ether oxygens (including phenoxy) is 1. The highest BCUT2D eigenvalue weighted by molar-refractivity contribution is 6.01. The van der Waals surface area contributed by atoms with Gasteiger partial charge in [0, 0.05) is 37.8 Å². The van der Waals surface area contributed by atoms with Crippen molar-refractivity contribution >= 4 is 27.5 Å². The summed E-state index contributed by atoms with van der Waals surface area (Å²) in [4.78, 5) is 17.8. The number of anilines is 1. The van der Waals surface area contributed by atoms with Crippen molar-refractivity contribution in [3.63, 3.8) is 0 Å². The number of benzene rings is 2. The van der Waals surface area contributed by atoms with Crippen molar-refractivity contribution in [2.75, 3.05) is 37.7 Å². The molecule has 0 amide bonds. The van der Waals surface area contributed by atoms with Gasteiger partial charge in [0.05, 0.1) is 16.5 Å². The second kappa shape index (κ2) is 9.90. The maximum absolute atomic E-state index is 16.7. The molecule has 1 saturated carbocycles. The zero-order valence-corrected chi connectivity index (χ0v) is 24.5. The van der Waals surface area contributed by atoms with Crippen molar-refractivity contribution in [1.82, 2.24) is 19.9 Å². The third-order valence-corrected chi connectivity index (χ3v) is 10.2. The van der Waals surface area contributed by atoms with Crippen molar-refractivity contribution in [2.24, 2.45) is 5.92 Å². The molecule has 230 valence electrons. The zero-order valence-electron chi connectivity index (χ0n) is 24.5. The number of alkyl halides is 1. The summed E-state index contributed by atoms with van der Waals surface area (Å²) in [6.07, 6.45) is 4.50. The molecule has 8 nitrogen and oxygen atoms in total. The first-order valence-electron chi connectivity index (χ1n) is 15.5. The Labute approximate surface area is 252 Å². The van der Waals surface area contributed by atoms with Crippen LogP contribution in [0.15, 0.2) is 30.5 Å². The van der Waals surface area contributed by atoms with E-state index in [2.05, 4.69) is 14.9 Å². The molecule has 1 aliphatic carbocycles. The lowest BCUT2D eigenvalue weighted by Gasteiger charge is -2.53. The maximum Gasteiger partial charge on any atom is 0.319 e. The molecule has 0 radical (unpaired) electrons. The number of pyridine rings is 1. The van der Waals surface area contributed by atoms with Gasteiger partial charge in [-0.3, -0.25) is 9.88 Å². The molecule has 2 bridgehead atoms. The van der Waals surface area contributed by atoms with E-state index in [9.17, 15) is 19.0 Å². The molecule has 0 spiro atoms. The monoisotopic (exact) mass is 605 g/mol. The van der Waals surface area contributed by atoms with E-state index in [1.165, 1.54) is 24.4 Å². The summed E-state index contributed by atoms with van der Waals surface area (Å²) in [7, 11) is 0. The lowest BCUT2D eigenvalue weighted by molar-refractivity contribution is -0.0839. The van der Waals surface area contributed by atoms with Crippen LogP contribution in [-0.2, 0) is 6.42 Å². The Balaban J connectivity index is 1.27. The average molecular weight is 606 g/mol. The van der Waals surface area contributed by atoms with E-state index in [1.807, 2.05) is 11.8 Å². The van der Waals surface area contributed by atoms with Crippen molar-refractivity contribution in [3.05, 3.63) is 47.7 Å². The van der Waals surface area contributed by atoms with Crippen molar-refractivity contribution < 1.29 is 28.1 Å². The quantitative estimate of drug-likeness (QED) is 0.306. The van der Waals surface area contributed by atoms with Gasteiger partial charge in [-0.25, -0.2) is 13.2 Å². The van der Waals surface area contributed by atoms with E-state index in [0.29, 0.717) is 65.9 Å². The van der Waals surface area contributed by atoms with Gasteiger partial charge in [-0.2, -0.15) is 9.97 Å². The first-order valence-corrected chi connectivity index (χ1v) is 15.5. The molecule has 5 fully saturated rings. The van der Waals surface area contributed by atoms with E-state index >= 15 is 4.39 Å². The van der Waals surface area contributed by atoms with Crippen LogP contribution in [-0.4, -0.2) is 80.2 Å². The molecule has 11 heteroatoms. The van der Waals surface area contributed by atoms with Gasteiger partial charge in [0.2, 0.25) is 0 Å². The number of rotatable bonds is 6. The van der Waals surface area contributed by atoms with Crippen LogP contribution in [0.5, 0.6) is 11.8 Å². The predicted octanol–water partition coefficient (Wildman–Crippen LogP) is 5.31. The summed E-state index contributed by atoms with van der Waals surface area (Å²) in [6, 6.07) is 5.79. The first-order chi connectivity index (χ1) is 21.1. The fourth-order valence-corrected chi connectivity index (χ4v) is 8.36. The standard InChI is InChI=1S/C33H34F3N5O3/c1-2-22-25(35)5-4-19-8-21(42)9-23(26(19)22)28-27(36)29-24(13-37-28)30(40-14-18-10-33(43,11-18)16-40)39-31(38-29)44-17-32-6-3-7-41(32)15-20(34)12-32/h4-5,8-9,13,18,20,42-43H,2-3,6-7,10-12,14-17H2,1H3/t18?,20-,32+,33?/m1/s1. The van der Waals surface area contributed by atoms with E-state index in [4.69, 9.17) is 9.72 Å². The van der Waals surface area contributed by atoms with Gasteiger partial charge in [0.15, 0.2) is 5.82 Å². The van der Waals surface area contributed by atoms with Crippen LogP contribution in [0.2, 0.25) is 0 Å². The zero-order chi connectivity index (χ0) is 30.4. The van der Waals surface area contributed by atoms with Gasteiger partial charge in [0.25, 0.3) is 0 Å². The fraction of sp³-hybridized carbons (Fsp3) is 0.485. The highest BCUT2D eigenvalue weighted by atomic mass is 19.1. The Morgan fingerprint density at radius 1 is 1.11 bits per heavy atom. The summed E-state index contributed by atoms with van der Waals surface area (Å²) < 4.78 is 52.3. The number of aromatic hydroxyl groups is 1. The highest BCUT2D eigenvalue weighted by Gasteiger charge is 2.50. The summed E-state index contributed by atoms with van der Waals surface area (Å²) in [6.45, 7) is 4.18. The molecule has 4 aromatic rings. The Hall–Kier alpha value is -3.70. The number of fused-ring (bicyclic) bond motifs is 5. The molecule has 2 atom stereocenters. The molecule has 9 rings (SSSR count). The minimum Gasteiger partial charge on any atom is -0.508 e. The maximum atomic E-state index is 16.7. The van der Waals surface area contributed by atoms with E-state index in [0.717, 1.165) is 32.2 Å². The van der Waals surface area contributed by atoms with E-state index < -0.39 is 28.9 Å². The second-order valence-electron chi connectivity index (χ2n) is 13.2. The first kappa shape index (κ1) is 27.8. The van der Waals surface area contributed by atoms with Gasteiger partial charge >= 0.3 is 6.01 Å². The average Bonchev–Trinajstić information content (AvgIpc) is 3.51. The lowest BCUT2D eigenvalue weighted by Crippen LogP contribution is -2.61. The molecule has 44 heavy (non-hydrogen) atoms. The topological polar surface area (TPSA) is 94.8 Å². The summed E-state index contributed by atoms with van der Waals surface area (Å²) in [5.41, 5.74) is -0.711. The van der Waals surface area contributed by atoms with Crippen LogP contribution in [0.4, 0.5) is 19.0 Å². The molecule has 4 aliphatic heterocycles. The van der Waals surface area contributed by atoms with Crippen molar-refractivity contribution in [2.45, 2.75) is 62.8 Å². The molecule has 2 N–H and O–H groups in total. The van der Waals surface area contributed by atoms with Crippen LogP contribution in [0.3, 0.4) is 0 Å². The van der Waals surface area contributed by atoms with Crippen LogP contribution in [0, 0.1) is 17.6 Å². The van der Waals surface area contributed by atoms with E-state index in [1.54, 1.807) is 6.07 Å². The van der Waals surface area contributed by atoms with Crippen LogP contribution >= 0.6 is 0 Å². The van der Waals surface area contributed by atoms with Gasteiger partial charge < -0.3 is 19.8 Å². The molecule has 6 heterocycles. The molecule has 2 aromatic heterocycles. The van der Waals surface area contributed by atoms with E-state index in [-0.39, 0.29) is 35.1 Å². The minimum absolute atomic E-state index is 0.0252. The van der Waals surface area contributed by atoms with Gasteiger partial charge in [-0.05, 0) is 79.1 Å². The van der Waals surface area contributed by atoms with Crippen LogP contribution < -0.4 is 9.64 Å². The van der Waals surface area contributed by atoms with Crippen LogP contribution in [0.1, 0.15) is 44.6 Å². The third-order valence-electron chi connectivity index (χ3n) is 10.2. The number of hydrogen-bond donors (Lipinski definition) is 2. The number of hydrogen-bond acceptors (Lipinski definition) is 8.